The molecule has 7 nitrogen and oxygen atoms in total. The van der Waals surface area contributed by atoms with Crippen LogP contribution in [-0.2, 0) is 21.2 Å². The molecule has 8 heteroatoms. The third kappa shape index (κ3) is 6.06. The Bertz CT molecular complexity index is 1250. The van der Waals surface area contributed by atoms with E-state index in [0.717, 1.165) is 11.1 Å². The second-order valence-corrected chi connectivity index (χ2v) is 9.67. The lowest BCUT2D eigenvalue weighted by atomic mass is 10.1. The molecule has 0 aromatic heterocycles. The lowest BCUT2D eigenvalue weighted by molar-refractivity contribution is -0.117. The van der Waals surface area contributed by atoms with E-state index in [1.807, 2.05) is 37.3 Å². The topological polar surface area (TPSA) is 118 Å². The van der Waals surface area contributed by atoms with Gasteiger partial charge in [0.15, 0.2) is 0 Å². The smallest absolute Gasteiger partial charge is 0.248 e. The molecule has 1 atom stereocenters. The molecule has 0 saturated carbocycles. The number of carbonyl (C=O) groups is 2. The first kappa shape index (κ1) is 24.2. The van der Waals surface area contributed by atoms with Gasteiger partial charge < -0.3 is 11.1 Å². The quantitative estimate of drug-likeness (QED) is 0.473. The Morgan fingerprint density at radius 1 is 0.909 bits per heavy atom. The maximum absolute atomic E-state index is 13.3. The van der Waals surface area contributed by atoms with Gasteiger partial charge in [-0.25, -0.2) is 8.42 Å². The first-order valence-corrected chi connectivity index (χ1v) is 11.9. The number of benzene rings is 3. The van der Waals surface area contributed by atoms with Gasteiger partial charge in [0, 0.05) is 11.3 Å². The normalized spacial score (nSPS) is 12.2. The first-order chi connectivity index (χ1) is 15.6. The van der Waals surface area contributed by atoms with Crippen LogP contribution in [0.2, 0.25) is 0 Å². The Hall–Kier alpha value is -3.49. The van der Waals surface area contributed by atoms with E-state index in [2.05, 4.69) is 10.0 Å². The summed E-state index contributed by atoms with van der Waals surface area (Å²) in [6, 6.07) is 17.8. The van der Waals surface area contributed by atoms with E-state index < -0.39 is 27.9 Å². The van der Waals surface area contributed by atoms with Gasteiger partial charge in [0.05, 0.1) is 4.90 Å². The number of amides is 2. The maximum atomic E-state index is 13.3. The fourth-order valence-electron chi connectivity index (χ4n) is 3.82. The molecule has 0 saturated heterocycles. The second kappa shape index (κ2) is 9.97. The number of anilines is 1. The molecule has 0 aliphatic heterocycles. The number of hydrogen-bond donors (Lipinski definition) is 3. The predicted octanol–water partition coefficient (Wildman–Crippen LogP) is 3.24. The van der Waals surface area contributed by atoms with Gasteiger partial charge in [0.25, 0.3) is 0 Å². The molecule has 4 N–H and O–H groups in total. The van der Waals surface area contributed by atoms with Crippen LogP contribution in [0.15, 0.2) is 71.6 Å². The molecule has 3 aromatic rings. The molecule has 0 aliphatic rings. The van der Waals surface area contributed by atoms with Gasteiger partial charge in [-0.1, -0.05) is 48.0 Å². The number of nitrogens with one attached hydrogen (secondary N) is 2. The van der Waals surface area contributed by atoms with E-state index in [1.54, 1.807) is 38.1 Å². The number of carbonyl (C=O) groups excluding carboxylic acids is 2. The van der Waals surface area contributed by atoms with Crippen LogP contribution in [0.25, 0.3) is 0 Å². The summed E-state index contributed by atoms with van der Waals surface area (Å²) in [7, 11) is -3.98. The minimum absolute atomic E-state index is 0.162. The van der Waals surface area contributed by atoms with Crippen molar-refractivity contribution in [1.29, 1.82) is 0 Å². The summed E-state index contributed by atoms with van der Waals surface area (Å²) in [4.78, 5) is 24.6. The van der Waals surface area contributed by atoms with Crippen molar-refractivity contribution in [2.75, 3.05) is 5.32 Å². The average molecular weight is 466 g/mol. The van der Waals surface area contributed by atoms with Crippen molar-refractivity contribution in [1.82, 2.24) is 4.72 Å². The number of rotatable bonds is 8. The first-order valence-electron chi connectivity index (χ1n) is 10.4. The van der Waals surface area contributed by atoms with Crippen LogP contribution in [0.3, 0.4) is 0 Å². The molecule has 1 unspecified atom stereocenters. The van der Waals surface area contributed by atoms with Gasteiger partial charge in [-0.2, -0.15) is 4.72 Å². The minimum Gasteiger partial charge on any atom is -0.366 e. The monoisotopic (exact) mass is 465 g/mol. The van der Waals surface area contributed by atoms with Gasteiger partial charge in [-0.15, -0.1) is 0 Å². The summed E-state index contributed by atoms with van der Waals surface area (Å²) in [5, 5.41) is 2.72. The number of primary amides is 1. The SMILES string of the molecule is Cc1cc(C)c(S(=O)(=O)NC(Cc2ccccc2)C(=O)Nc2ccc(C(N)=O)cc2)c(C)c1. The van der Waals surface area contributed by atoms with E-state index in [0.29, 0.717) is 22.4 Å². The van der Waals surface area contributed by atoms with Crippen LogP contribution in [0.5, 0.6) is 0 Å². The van der Waals surface area contributed by atoms with Crippen molar-refractivity contribution in [2.24, 2.45) is 5.73 Å². The van der Waals surface area contributed by atoms with Crippen LogP contribution in [0, 0.1) is 20.8 Å². The predicted molar refractivity (Wildman–Crippen MR) is 128 cm³/mol. The Kier molecular flexibility index (Phi) is 7.30. The molecule has 3 rings (SSSR count). The van der Waals surface area contributed by atoms with E-state index in [4.69, 9.17) is 5.73 Å². The Morgan fingerprint density at radius 2 is 1.48 bits per heavy atom. The van der Waals surface area contributed by atoms with Crippen LogP contribution in [-0.4, -0.2) is 26.3 Å². The molecule has 0 radical (unpaired) electrons. The summed E-state index contributed by atoms with van der Waals surface area (Å²) in [6.45, 7) is 5.38. The van der Waals surface area contributed by atoms with Crippen LogP contribution in [0.4, 0.5) is 5.69 Å². The molecular weight excluding hydrogens is 438 g/mol. The number of sulfonamides is 1. The number of hydrogen-bond acceptors (Lipinski definition) is 4. The van der Waals surface area contributed by atoms with Crippen LogP contribution >= 0.6 is 0 Å². The zero-order chi connectivity index (χ0) is 24.2. The molecule has 3 aromatic carbocycles. The summed E-state index contributed by atoms with van der Waals surface area (Å²) in [5.74, 6) is -1.09. The van der Waals surface area contributed by atoms with E-state index in [1.165, 1.54) is 12.1 Å². The molecule has 0 heterocycles. The zero-order valence-corrected chi connectivity index (χ0v) is 19.6. The molecule has 0 aliphatic carbocycles. The van der Waals surface area contributed by atoms with Crippen molar-refractivity contribution in [3.8, 4) is 0 Å². The van der Waals surface area contributed by atoms with Gasteiger partial charge in [0.1, 0.15) is 6.04 Å². The number of aryl methyl sites for hydroxylation is 3. The van der Waals surface area contributed by atoms with Gasteiger partial charge in [-0.3, -0.25) is 9.59 Å². The summed E-state index contributed by atoms with van der Waals surface area (Å²) < 4.78 is 29.2. The minimum atomic E-state index is -3.98. The number of nitrogens with two attached hydrogens (primary N) is 1. The van der Waals surface area contributed by atoms with Gasteiger partial charge >= 0.3 is 0 Å². The van der Waals surface area contributed by atoms with E-state index >= 15 is 0 Å². The largest absolute Gasteiger partial charge is 0.366 e. The van der Waals surface area contributed by atoms with Crippen molar-refractivity contribution >= 4 is 27.5 Å². The standard InChI is InChI=1S/C25H27N3O4S/c1-16-13-17(2)23(18(3)14-16)33(31,32)28-22(15-19-7-5-4-6-8-19)25(30)27-21-11-9-20(10-12-21)24(26)29/h4-14,22,28H,15H2,1-3H3,(H2,26,29)(H,27,30). The summed E-state index contributed by atoms with van der Waals surface area (Å²) >= 11 is 0. The van der Waals surface area contributed by atoms with Crippen molar-refractivity contribution in [3.63, 3.8) is 0 Å². The average Bonchev–Trinajstić information content (AvgIpc) is 2.73. The molecule has 0 bridgehead atoms. The molecular formula is C25H27N3O4S. The Morgan fingerprint density at radius 3 is 2.03 bits per heavy atom. The van der Waals surface area contributed by atoms with Gasteiger partial charge in [-0.05, 0) is 68.1 Å². The highest BCUT2D eigenvalue weighted by atomic mass is 32.2. The van der Waals surface area contributed by atoms with Crippen LogP contribution < -0.4 is 15.8 Å². The fraction of sp³-hybridized carbons (Fsp3) is 0.200. The molecule has 2 amide bonds. The van der Waals surface area contributed by atoms with Crippen molar-refractivity contribution in [3.05, 3.63) is 94.5 Å². The molecule has 33 heavy (non-hydrogen) atoms. The lowest BCUT2D eigenvalue weighted by Crippen LogP contribution is -2.45. The van der Waals surface area contributed by atoms with Crippen molar-refractivity contribution in [2.45, 2.75) is 38.1 Å². The Balaban J connectivity index is 1.91. The van der Waals surface area contributed by atoms with Crippen molar-refractivity contribution < 1.29 is 18.0 Å². The zero-order valence-electron chi connectivity index (χ0n) is 18.8. The third-order valence-corrected chi connectivity index (χ3v) is 6.98. The highest BCUT2D eigenvalue weighted by Gasteiger charge is 2.28. The molecule has 0 fully saturated rings. The summed E-state index contributed by atoms with van der Waals surface area (Å²) in [5.41, 5.74) is 8.97. The highest BCUT2D eigenvalue weighted by Crippen LogP contribution is 2.22. The van der Waals surface area contributed by atoms with Crippen LogP contribution in [0.1, 0.15) is 32.6 Å². The maximum Gasteiger partial charge on any atom is 0.248 e. The summed E-state index contributed by atoms with van der Waals surface area (Å²) in [6.07, 6.45) is 0.162. The lowest BCUT2D eigenvalue weighted by Gasteiger charge is -2.21. The second-order valence-electron chi connectivity index (χ2n) is 8.02. The van der Waals surface area contributed by atoms with E-state index in [-0.39, 0.29) is 11.3 Å². The van der Waals surface area contributed by atoms with Gasteiger partial charge in [0.2, 0.25) is 21.8 Å². The molecule has 172 valence electrons. The highest BCUT2D eigenvalue weighted by molar-refractivity contribution is 7.89. The molecule has 0 spiro atoms. The third-order valence-electron chi connectivity index (χ3n) is 5.21. The Labute approximate surface area is 194 Å². The fourth-order valence-corrected chi connectivity index (χ4v) is 5.47. The van der Waals surface area contributed by atoms with E-state index in [9.17, 15) is 18.0 Å².